The van der Waals surface area contributed by atoms with Crippen LogP contribution in [-0.4, -0.2) is 37.7 Å². The first-order valence-electron chi connectivity index (χ1n) is 5.28. The van der Waals surface area contributed by atoms with E-state index < -0.39 is 0 Å². The van der Waals surface area contributed by atoms with Gasteiger partial charge in [0.05, 0.1) is 13.7 Å². The van der Waals surface area contributed by atoms with Gasteiger partial charge in [0.2, 0.25) is 5.91 Å². The maximum absolute atomic E-state index is 11.5. The Morgan fingerprint density at radius 2 is 2.12 bits per heavy atom. The van der Waals surface area contributed by atoms with Gasteiger partial charge in [0.1, 0.15) is 12.4 Å². The minimum atomic E-state index is 0.0575. The molecule has 0 aliphatic carbocycles. The van der Waals surface area contributed by atoms with Gasteiger partial charge >= 0.3 is 0 Å². The second-order valence-electron chi connectivity index (χ2n) is 3.72. The third kappa shape index (κ3) is 2.52. The van der Waals surface area contributed by atoms with Gasteiger partial charge in [0.15, 0.2) is 0 Å². The molecular formula is C12H15NO3. The summed E-state index contributed by atoms with van der Waals surface area (Å²) >= 11 is 0. The van der Waals surface area contributed by atoms with E-state index in [1.807, 2.05) is 29.2 Å². The van der Waals surface area contributed by atoms with E-state index in [0.717, 1.165) is 11.3 Å². The van der Waals surface area contributed by atoms with Gasteiger partial charge in [-0.25, -0.2) is 0 Å². The van der Waals surface area contributed by atoms with Gasteiger partial charge in [0, 0.05) is 13.1 Å². The van der Waals surface area contributed by atoms with Gasteiger partial charge in [-0.2, -0.15) is 0 Å². The Hall–Kier alpha value is -1.55. The highest BCUT2D eigenvalue weighted by Crippen LogP contribution is 2.13. The Bertz CT molecular complexity index is 361. The molecule has 0 aromatic heterocycles. The highest BCUT2D eigenvalue weighted by Gasteiger charge is 2.18. The van der Waals surface area contributed by atoms with Crippen molar-refractivity contribution >= 4 is 5.91 Å². The maximum atomic E-state index is 11.5. The lowest BCUT2D eigenvalue weighted by Crippen LogP contribution is -2.40. The summed E-state index contributed by atoms with van der Waals surface area (Å²) in [4.78, 5) is 13.3. The maximum Gasteiger partial charge on any atom is 0.248 e. The quantitative estimate of drug-likeness (QED) is 0.766. The van der Waals surface area contributed by atoms with Gasteiger partial charge in [-0.05, 0) is 17.7 Å². The van der Waals surface area contributed by atoms with Crippen LogP contribution in [0.15, 0.2) is 24.3 Å². The molecule has 1 aromatic carbocycles. The van der Waals surface area contributed by atoms with Crippen molar-refractivity contribution in [2.45, 2.75) is 6.54 Å². The van der Waals surface area contributed by atoms with E-state index in [1.54, 1.807) is 7.11 Å². The monoisotopic (exact) mass is 221 g/mol. The highest BCUT2D eigenvalue weighted by atomic mass is 16.5. The fraction of sp³-hybridized carbons (Fsp3) is 0.417. The van der Waals surface area contributed by atoms with Crippen LogP contribution in [0, 0.1) is 0 Å². The molecule has 0 spiro atoms. The van der Waals surface area contributed by atoms with Crippen LogP contribution in [-0.2, 0) is 16.1 Å². The van der Waals surface area contributed by atoms with Crippen molar-refractivity contribution in [3.63, 3.8) is 0 Å². The second kappa shape index (κ2) is 4.99. The van der Waals surface area contributed by atoms with E-state index in [-0.39, 0.29) is 12.5 Å². The molecule has 0 saturated carbocycles. The van der Waals surface area contributed by atoms with Crippen LogP contribution in [0.4, 0.5) is 0 Å². The lowest BCUT2D eigenvalue weighted by atomic mass is 10.2. The van der Waals surface area contributed by atoms with E-state index in [9.17, 15) is 4.79 Å². The smallest absolute Gasteiger partial charge is 0.248 e. The molecule has 4 heteroatoms. The molecule has 1 amide bonds. The number of morpholine rings is 1. The van der Waals surface area contributed by atoms with Gasteiger partial charge in [0.25, 0.3) is 0 Å². The van der Waals surface area contributed by atoms with Gasteiger partial charge < -0.3 is 14.4 Å². The van der Waals surface area contributed by atoms with Crippen LogP contribution in [0.3, 0.4) is 0 Å². The molecule has 0 atom stereocenters. The lowest BCUT2D eigenvalue weighted by molar-refractivity contribution is -0.143. The number of hydrogen-bond acceptors (Lipinski definition) is 3. The predicted molar refractivity (Wildman–Crippen MR) is 59.2 cm³/mol. The molecule has 1 fully saturated rings. The molecule has 2 rings (SSSR count). The van der Waals surface area contributed by atoms with E-state index >= 15 is 0 Å². The van der Waals surface area contributed by atoms with Crippen molar-refractivity contribution in [1.29, 1.82) is 0 Å². The van der Waals surface area contributed by atoms with Crippen molar-refractivity contribution in [3.05, 3.63) is 29.8 Å². The molecule has 1 aliphatic heterocycles. The van der Waals surface area contributed by atoms with E-state index in [2.05, 4.69) is 0 Å². The summed E-state index contributed by atoms with van der Waals surface area (Å²) in [7, 11) is 1.64. The Labute approximate surface area is 94.8 Å². The molecule has 0 bridgehead atoms. The van der Waals surface area contributed by atoms with Crippen molar-refractivity contribution < 1.29 is 14.3 Å². The SMILES string of the molecule is COc1ccc(CN2CCOCC2=O)cc1. The average Bonchev–Trinajstić information content (AvgIpc) is 2.33. The Kier molecular flexibility index (Phi) is 3.41. The molecule has 0 radical (unpaired) electrons. The summed E-state index contributed by atoms with van der Waals surface area (Å²) < 4.78 is 10.2. The number of nitrogens with zero attached hydrogens (tertiary/aromatic N) is 1. The average molecular weight is 221 g/mol. The number of ether oxygens (including phenoxy) is 2. The summed E-state index contributed by atoms with van der Waals surface area (Å²) in [5.74, 6) is 0.888. The Morgan fingerprint density at radius 3 is 2.75 bits per heavy atom. The predicted octanol–water partition coefficient (Wildman–Crippen LogP) is 1.05. The first-order chi connectivity index (χ1) is 7.79. The van der Waals surface area contributed by atoms with Crippen molar-refractivity contribution in [2.75, 3.05) is 26.9 Å². The largest absolute Gasteiger partial charge is 0.497 e. The van der Waals surface area contributed by atoms with Gasteiger partial charge in [-0.1, -0.05) is 12.1 Å². The van der Waals surface area contributed by atoms with E-state index in [1.165, 1.54) is 0 Å². The fourth-order valence-corrected chi connectivity index (χ4v) is 1.67. The summed E-state index contributed by atoms with van der Waals surface area (Å²) in [6, 6.07) is 7.75. The normalized spacial score (nSPS) is 16.3. The Morgan fingerprint density at radius 1 is 1.38 bits per heavy atom. The van der Waals surface area contributed by atoms with Crippen LogP contribution in [0.2, 0.25) is 0 Å². The minimum Gasteiger partial charge on any atom is -0.497 e. The molecule has 1 saturated heterocycles. The second-order valence-corrected chi connectivity index (χ2v) is 3.72. The summed E-state index contributed by atoms with van der Waals surface area (Å²) in [5, 5.41) is 0. The topological polar surface area (TPSA) is 38.8 Å². The zero-order valence-corrected chi connectivity index (χ0v) is 9.31. The van der Waals surface area contributed by atoms with Crippen molar-refractivity contribution in [3.8, 4) is 5.75 Å². The van der Waals surface area contributed by atoms with E-state index in [4.69, 9.17) is 9.47 Å². The van der Waals surface area contributed by atoms with Gasteiger partial charge in [-0.3, -0.25) is 4.79 Å². The first kappa shape index (κ1) is 11.0. The zero-order valence-electron chi connectivity index (χ0n) is 9.31. The standard InChI is InChI=1S/C12H15NO3/c1-15-11-4-2-10(3-5-11)8-13-6-7-16-9-12(13)14/h2-5H,6-9H2,1H3. The Balaban J connectivity index is 1.99. The number of amides is 1. The fourth-order valence-electron chi connectivity index (χ4n) is 1.67. The molecule has 1 heterocycles. The van der Waals surface area contributed by atoms with Crippen LogP contribution in [0.25, 0.3) is 0 Å². The molecule has 1 aliphatic rings. The van der Waals surface area contributed by atoms with Crippen LogP contribution < -0.4 is 4.74 Å². The number of hydrogen-bond donors (Lipinski definition) is 0. The van der Waals surface area contributed by atoms with Gasteiger partial charge in [-0.15, -0.1) is 0 Å². The zero-order chi connectivity index (χ0) is 11.4. The third-order valence-electron chi connectivity index (χ3n) is 2.62. The number of benzene rings is 1. The van der Waals surface area contributed by atoms with Crippen LogP contribution in [0.1, 0.15) is 5.56 Å². The number of rotatable bonds is 3. The van der Waals surface area contributed by atoms with Crippen molar-refractivity contribution in [1.82, 2.24) is 4.90 Å². The molecule has 0 N–H and O–H groups in total. The van der Waals surface area contributed by atoms with Crippen LogP contribution in [0.5, 0.6) is 5.75 Å². The summed E-state index contributed by atoms with van der Waals surface area (Å²) in [6.45, 7) is 2.15. The van der Waals surface area contributed by atoms with Crippen LogP contribution >= 0.6 is 0 Å². The summed E-state index contributed by atoms with van der Waals surface area (Å²) in [6.07, 6.45) is 0. The summed E-state index contributed by atoms with van der Waals surface area (Å²) in [5.41, 5.74) is 1.11. The number of carbonyl (C=O) groups is 1. The number of carbonyl (C=O) groups excluding carboxylic acids is 1. The third-order valence-corrected chi connectivity index (χ3v) is 2.62. The highest BCUT2D eigenvalue weighted by molar-refractivity contribution is 5.77. The van der Waals surface area contributed by atoms with E-state index in [0.29, 0.717) is 19.7 Å². The molecular weight excluding hydrogens is 206 g/mol. The molecule has 86 valence electrons. The lowest BCUT2D eigenvalue weighted by Gasteiger charge is -2.26. The molecule has 16 heavy (non-hydrogen) atoms. The molecule has 4 nitrogen and oxygen atoms in total. The molecule has 1 aromatic rings. The number of methoxy groups -OCH3 is 1. The molecule has 0 unspecified atom stereocenters. The minimum absolute atomic E-state index is 0.0575. The first-order valence-corrected chi connectivity index (χ1v) is 5.28. The van der Waals surface area contributed by atoms with Crippen molar-refractivity contribution in [2.24, 2.45) is 0 Å².